The molecule has 0 amide bonds. The molecular weight excluding hydrogens is 416 g/mol. The standard InChI is InChI=1S/C23H22N2O3S2/c1-15-21(30-22(12-26)25-15)14-29-19-10-17-4-3-9-24-23(17)20(11-19)28-13-16-5-7-18(27-2)8-6-16/h3-11,26H,12-14H2,1-2H3. The molecule has 4 rings (SSSR count). The van der Waals surface area contributed by atoms with E-state index in [4.69, 9.17) is 9.47 Å². The van der Waals surface area contributed by atoms with Gasteiger partial charge in [0.05, 0.1) is 19.4 Å². The second kappa shape index (κ2) is 9.47. The fourth-order valence-electron chi connectivity index (χ4n) is 3.05. The highest BCUT2D eigenvalue weighted by Gasteiger charge is 2.11. The number of thiazole rings is 1. The van der Waals surface area contributed by atoms with Gasteiger partial charge in [0.15, 0.2) is 0 Å². The minimum atomic E-state index is -0.0127. The van der Waals surface area contributed by atoms with Gasteiger partial charge in [0.25, 0.3) is 0 Å². The Balaban J connectivity index is 1.54. The first-order chi connectivity index (χ1) is 14.7. The van der Waals surface area contributed by atoms with Crippen molar-refractivity contribution in [3.63, 3.8) is 0 Å². The van der Waals surface area contributed by atoms with Gasteiger partial charge in [0, 0.05) is 27.1 Å². The van der Waals surface area contributed by atoms with Crippen molar-refractivity contribution in [1.29, 1.82) is 0 Å². The van der Waals surface area contributed by atoms with Crippen LogP contribution in [0.2, 0.25) is 0 Å². The number of aliphatic hydroxyl groups is 1. The quantitative estimate of drug-likeness (QED) is 0.373. The van der Waals surface area contributed by atoms with Crippen molar-refractivity contribution < 1.29 is 14.6 Å². The average molecular weight is 439 g/mol. The zero-order valence-corrected chi connectivity index (χ0v) is 18.4. The summed E-state index contributed by atoms with van der Waals surface area (Å²) in [6.07, 6.45) is 1.78. The number of aliphatic hydroxyl groups excluding tert-OH is 1. The predicted octanol–water partition coefficient (Wildman–Crippen LogP) is 5.37. The molecule has 0 fully saturated rings. The molecule has 2 heterocycles. The summed E-state index contributed by atoms with van der Waals surface area (Å²) < 4.78 is 11.4. The van der Waals surface area contributed by atoms with E-state index in [1.807, 2.05) is 43.3 Å². The van der Waals surface area contributed by atoms with Crippen LogP contribution in [0.1, 0.15) is 21.1 Å². The molecule has 0 aliphatic carbocycles. The second-order valence-corrected chi connectivity index (χ2v) is 8.91. The minimum absolute atomic E-state index is 0.0127. The average Bonchev–Trinajstić information content (AvgIpc) is 3.16. The van der Waals surface area contributed by atoms with Crippen molar-refractivity contribution in [1.82, 2.24) is 9.97 Å². The Morgan fingerprint density at radius 2 is 1.97 bits per heavy atom. The van der Waals surface area contributed by atoms with Crippen LogP contribution >= 0.6 is 23.1 Å². The molecule has 1 N–H and O–H groups in total. The summed E-state index contributed by atoms with van der Waals surface area (Å²) in [6, 6.07) is 16.0. The van der Waals surface area contributed by atoms with Crippen molar-refractivity contribution >= 4 is 34.0 Å². The number of fused-ring (bicyclic) bond motifs is 1. The first-order valence-corrected chi connectivity index (χ1v) is 11.3. The predicted molar refractivity (Wildman–Crippen MR) is 121 cm³/mol. The van der Waals surface area contributed by atoms with Crippen LogP contribution in [0.4, 0.5) is 0 Å². The molecule has 0 aliphatic heterocycles. The Hall–Kier alpha value is -2.61. The molecule has 154 valence electrons. The number of pyridine rings is 1. The summed E-state index contributed by atoms with van der Waals surface area (Å²) in [5, 5.41) is 11.1. The van der Waals surface area contributed by atoms with Gasteiger partial charge >= 0.3 is 0 Å². The molecule has 0 saturated heterocycles. The number of nitrogens with zero attached hydrogens (tertiary/aromatic N) is 2. The highest BCUT2D eigenvalue weighted by molar-refractivity contribution is 7.98. The van der Waals surface area contributed by atoms with E-state index in [0.29, 0.717) is 6.61 Å². The number of ether oxygens (including phenoxy) is 2. The van der Waals surface area contributed by atoms with Crippen molar-refractivity contribution in [3.05, 3.63) is 75.9 Å². The lowest BCUT2D eigenvalue weighted by Crippen LogP contribution is -1.97. The molecule has 0 saturated carbocycles. The fourth-order valence-corrected chi connectivity index (χ4v) is 5.09. The summed E-state index contributed by atoms with van der Waals surface area (Å²) in [4.78, 5) is 11.2. The molecule has 0 bridgehead atoms. The monoisotopic (exact) mass is 438 g/mol. The van der Waals surface area contributed by atoms with Gasteiger partial charge < -0.3 is 14.6 Å². The summed E-state index contributed by atoms with van der Waals surface area (Å²) >= 11 is 3.29. The molecule has 0 spiro atoms. The number of rotatable bonds is 8. The number of hydrogen-bond donors (Lipinski definition) is 1. The minimum Gasteiger partial charge on any atom is -0.497 e. The van der Waals surface area contributed by atoms with Crippen LogP contribution in [0.3, 0.4) is 0 Å². The smallest absolute Gasteiger partial charge is 0.147 e. The number of benzene rings is 2. The van der Waals surface area contributed by atoms with Crippen LogP contribution in [-0.2, 0) is 19.0 Å². The zero-order chi connectivity index (χ0) is 20.9. The van der Waals surface area contributed by atoms with Gasteiger partial charge in [-0.1, -0.05) is 18.2 Å². The normalized spacial score (nSPS) is 11.0. The second-order valence-electron chi connectivity index (χ2n) is 6.70. The zero-order valence-electron chi connectivity index (χ0n) is 16.8. The van der Waals surface area contributed by atoms with Crippen molar-refractivity contribution in [3.8, 4) is 11.5 Å². The first-order valence-electron chi connectivity index (χ1n) is 9.49. The van der Waals surface area contributed by atoms with Gasteiger partial charge in [-0.05, 0) is 42.8 Å². The lowest BCUT2D eigenvalue weighted by Gasteiger charge is -2.12. The van der Waals surface area contributed by atoms with E-state index in [1.54, 1.807) is 36.4 Å². The molecular formula is C23H22N2O3S2. The largest absolute Gasteiger partial charge is 0.497 e. The number of hydrogen-bond acceptors (Lipinski definition) is 7. The third-order valence-corrected chi connectivity index (χ3v) is 6.97. The van der Waals surface area contributed by atoms with Gasteiger partial charge in [-0.25, -0.2) is 4.98 Å². The van der Waals surface area contributed by atoms with Gasteiger partial charge in [0.1, 0.15) is 28.6 Å². The lowest BCUT2D eigenvalue weighted by atomic mass is 10.2. The van der Waals surface area contributed by atoms with Crippen LogP contribution < -0.4 is 9.47 Å². The van der Waals surface area contributed by atoms with E-state index in [1.165, 1.54) is 4.88 Å². The number of aromatic nitrogens is 2. The third-order valence-electron chi connectivity index (χ3n) is 4.64. The van der Waals surface area contributed by atoms with Gasteiger partial charge in [-0.3, -0.25) is 4.98 Å². The van der Waals surface area contributed by atoms with Crippen LogP contribution in [0.15, 0.2) is 59.6 Å². The fraction of sp³-hybridized carbons (Fsp3) is 0.217. The maximum atomic E-state index is 9.31. The maximum absolute atomic E-state index is 9.31. The molecule has 0 unspecified atom stereocenters. The molecule has 5 nitrogen and oxygen atoms in total. The molecule has 0 atom stereocenters. The summed E-state index contributed by atoms with van der Waals surface area (Å²) in [5.74, 6) is 2.39. The van der Waals surface area contributed by atoms with E-state index in [2.05, 4.69) is 22.1 Å². The van der Waals surface area contributed by atoms with Crippen molar-refractivity contribution in [2.24, 2.45) is 0 Å². The Morgan fingerprint density at radius 1 is 1.13 bits per heavy atom. The molecule has 2 aromatic carbocycles. The molecule has 0 radical (unpaired) electrons. The molecule has 4 aromatic rings. The lowest BCUT2D eigenvalue weighted by molar-refractivity contribution is 0.281. The van der Waals surface area contributed by atoms with E-state index < -0.39 is 0 Å². The van der Waals surface area contributed by atoms with Crippen LogP contribution in [0.5, 0.6) is 11.5 Å². The maximum Gasteiger partial charge on any atom is 0.147 e. The SMILES string of the molecule is COc1ccc(COc2cc(SCc3sc(CO)nc3C)cc3cccnc23)cc1. The number of methoxy groups -OCH3 is 1. The molecule has 7 heteroatoms. The Bertz CT molecular complexity index is 1140. The summed E-state index contributed by atoms with van der Waals surface area (Å²) in [5.41, 5.74) is 2.90. The summed E-state index contributed by atoms with van der Waals surface area (Å²) in [6.45, 7) is 2.43. The van der Waals surface area contributed by atoms with E-state index in [-0.39, 0.29) is 6.61 Å². The Kier molecular flexibility index (Phi) is 6.52. The van der Waals surface area contributed by atoms with Crippen LogP contribution in [0.25, 0.3) is 10.9 Å². The van der Waals surface area contributed by atoms with Crippen molar-refractivity contribution in [2.45, 2.75) is 30.8 Å². The van der Waals surface area contributed by atoms with Gasteiger partial charge in [-0.15, -0.1) is 23.1 Å². The Labute approximate surface area is 183 Å². The molecule has 0 aliphatic rings. The van der Waals surface area contributed by atoms with Crippen LogP contribution in [0, 0.1) is 6.92 Å². The molecule has 2 aromatic heterocycles. The highest BCUT2D eigenvalue weighted by atomic mass is 32.2. The van der Waals surface area contributed by atoms with Gasteiger partial charge in [-0.2, -0.15) is 0 Å². The highest BCUT2D eigenvalue weighted by Crippen LogP contribution is 2.34. The van der Waals surface area contributed by atoms with E-state index in [9.17, 15) is 5.11 Å². The molecule has 30 heavy (non-hydrogen) atoms. The summed E-state index contributed by atoms with van der Waals surface area (Å²) in [7, 11) is 1.66. The number of thioether (sulfide) groups is 1. The van der Waals surface area contributed by atoms with Gasteiger partial charge in [0.2, 0.25) is 0 Å². The van der Waals surface area contributed by atoms with Crippen LogP contribution in [-0.4, -0.2) is 22.2 Å². The third kappa shape index (κ3) is 4.75. The first kappa shape index (κ1) is 20.7. The van der Waals surface area contributed by atoms with Crippen molar-refractivity contribution in [2.75, 3.05) is 7.11 Å². The Morgan fingerprint density at radius 3 is 2.70 bits per heavy atom. The van der Waals surface area contributed by atoms with E-state index in [0.717, 1.165) is 49.3 Å². The topological polar surface area (TPSA) is 64.5 Å². The van der Waals surface area contributed by atoms with E-state index >= 15 is 0 Å². The number of aryl methyl sites for hydroxylation is 1.